The lowest BCUT2D eigenvalue weighted by Gasteiger charge is -2.32. The molecule has 0 bridgehead atoms. The highest BCUT2D eigenvalue weighted by atomic mass is 16.2. The molecule has 0 aliphatic heterocycles. The molecular formula is C16H23N3O. The van der Waals surface area contributed by atoms with Crippen LogP contribution in [0.1, 0.15) is 33.3 Å². The molecule has 1 N–H and O–H groups in total. The Morgan fingerprint density at radius 3 is 2.30 bits per heavy atom. The fourth-order valence-electron chi connectivity index (χ4n) is 1.76. The molecule has 0 heterocycles. The van der Waals surface area contributed by atoms with Crippen LogP contribution in [0.4, 0.5) is 0 Å². The molecule has 0 radical (unpaired) electrons. The number of benzene rings is 1. The zero-order chi connectivity index (χ0) is 15.4. The average molecular weight is 273 g/mol. The number of hydrogen-bond donors (Lipinski definition) is 1. The van der Waals surface area contributed by atoms with Gasteiger partial charge in [-0.05, 0) is 33.3 Å². The highest BCUT2D eigenvalue weighted by molar-refractivity contribution is 5.79. The van der Waals surface area contributed by atoms with Gasteiger partial charge >= 0.3 is 0 Å². The topological polar surface area (TPSA) is 56.1 Å². The lowest BCUT2D eigenvalue weighted by atomic mass is 9.94. The Labute approximate surface area is 121 Å². The van der Waals surface area contributed by atoms with Crippen LogP contribution in [0.2, 0.25) is 0 Å². The lowest BCUT2D eigenvalue weighted by Crippen LogP contribution is -2.50. The summed E-state index contributed by atoms with van der Waals surface area (Å²) in [5, 5.41) is 12.3. The van der Waals surface area contributed by atoms with Crippen LogP contribution in [0.3, 0.4) is 0 Å². The third-order valence-corrected chi connectivity index (χ3v) is 3.66. The van der Waals surface area contributed by atoms with E-state index in [1.807, 2.05) is 44.2 Å². The van der Waals surface area contributed by atoms with Gasteiger partial charge in [0.1, 0.15) is 5.54 Å². The molecule has 4 heteroatoms. The number of carbonyl (C=O) groups is 1. The van der Waals surface area contributed by atoms with Crippen molar-refractivity contribution < 1.29 is 4.79 Å². The standard InChI is InChI=1S/C16H23N3O/c1-15(2,12-17)19(5)14(20)11-18-16(3,4)13-9-7-6-8-10-13/h6-10,18H,11H2,1-5H3. The summed E-state index contributed by atoms with van der Waals surface area (Å²) in [5.41, 5.74) is 0.0273. The van der Waals surface area contributed by atoms with Crippen molar-refractivity contribution in [3.63, 3.8) is 0 Å². The number of amides is 1. The Morgan fingerprint density at radius 2 is 1.80 bits per heavy atom. The average Bonchev–Trinajstić information content (AvgIpc) is 2.45. The summed E-state index contributed by atoms with van der Waals surface area (Å²) in [6.07, 6.45) is 0. The molecule has 1 aromatic rings. The maximum absolute atomic E-state index is 12.1. The van der Waals surface area contributed by atoms with Crippen LogP contribution in [0, 0.1) is 11.3 Å². The van der Waals surface area contributed by atoms with Crippen LogP contribution >= 0.6 is 0 Å². The molecule has 1 aromatic carbocycles. The normalized spacial score (nSPS) is 11.8. The van der Waals surface area contributed by atoms with Gasteiger partial charge < -0.3 is 4.90 Å². The van der Waals surface area contributed by atoms with Crippen molar-refractivity contribution >= 4 is 5.91 Å². The quantitative estimate of drug-likeness (QED) is 0.895. The number of nitrogens with one attached hydrogen (secondary N) is 1. The van der Waals surface area contributed by atoms with Crippen molar-refractivity contribution in [2.75, 3.05) is 13.6 Å². The molecule has 0 aliphatic rings. The monoisotopic (exact) mass is 273 g/mol. The molecular weight excluding hydrogens is 250 g/mol. The summed E-state index contributed by atoms with van der Waals surface area (Å²) in [6.45, 7) is 7.72. The zero-order valence-corrected chi connectivity index (χ0v) is 12.9. The van der Waals surface area contributed by atoms with Gasteiger partial charge in [0, 0.05) is 12.6 Å². The second-order valence-electron chi connectivity index (χ2n) is 5.97. The second-order valence-corrected chi connectivity index (χ2v) is 5.97. The van der Waals surface area contributed by atoms with Gasteiger partial charge in [-0.1, -0.05) is 30.3 Å². The number of carbonyl (C=O) groups excluding carboxylic acids is 1. The first-order valence-electron chi connectivity index (χ1n) is 6.69. The molecule has 0 saturated heterocycles. The van der Waals surface area contributed by atoms with Crippen LogP contribution in [-0.4, -0.2) is 29.9 Å². The maximum Gasteiger partial charge on any atom is 0.237 e. The van der Waals surface area contributed by atoms with Crippen molar-refractivity contribution in [1.82, 2.24) is 10.2 Å². The fourth-order valence-corrected chi connectivity index (χ4v) is 1.76. The largest absolute Gasteiger partial charge is 0.326 e. The number of likely N-dealkylation sites (N-methyl/N-ethyl adjacent to an activating group) is 1. The highest BCUT2D eigenvalue weighted by Gasteiger charge is 2.28. The fraction of sp³-hybridized carbons (Fsp3) is 0.500. The SMILES string of the molecule is CN(C(=O)CNC(C)(C)c1ccccc1)C(C)(C)C#N. The van der Waals surface area contributed by atoms with Gasteiger partial charge in [0.05, 0.1) is 12.6 Å². The van der Waals surface area contributed by atoms with Gasteiger partial charge in [-0.25, -0.2) is 0 Å². The van der Waals surface area contributed by atoms with Crippen molar-refractivity contribution in [2.45, 2.75) is 38.8 Å². The molecule has 0 aromatic heterocycles. The summed E-state index contributed by atoms with van der Waals surface area (Å²) in [7, 11) is 1.66. The molecule has 0 fully saturated rings. The van der Waals surface area contributed by atoms with E-state index >= 15 is 0 Å². The van der Waals surface area contributed by atoms with E-state index in [1.165, 1.54) is 4.90 Å². The van der Waals surface area contributed by atoms with Gasteiger partial charge in [0.15, 0.2) is 0 Å². The second kappa shape index (κ2) is 6.06. The molecule has 0 atom stereocenters. The van der Waals surface area contributed by atoms with E-state index < -0.39 is 5.54 Å². The van der Waals surface area contributed by atoms with Crippen molar-refractivity contribution in [2.24, 2.45) is 0 Å². The summed E-state index contributed by atoms with van der Waals surface area (Å²) in [6, 6.07) is 12.1. The van der Waals surface area contributed by atoms with Crippen LogP contribution in [0.5, 0.6) is 0 Å². The molecule has 0 unspecified atom stereocenters. The predicted molar refractivity (Wildman–Crippen MR) is 79.9 cm³/mol. The minimum absolute atomic E-state index is 0.0967. The maximum atomic E-state index is 12.1. The molecule has 20 heavy (non-hydrogen) atoms. The zero-order valence-electron chi connectivity index (χ0n) is 12.9. The van der Waals surface area contributed by atoms with E-state index in [0.29, 0.717) is 0 Å². The Balaban J connectivity index is 2.68. The summed E-state index contributed by atoms with van der Waals surface area (Å²) in [5.74, 6) is -0.0967. The molecule has 1 rings (SSSR count). The van der Waals surface area contributed by atoms with E-state index in [2.05, 4.69) is 11.4 Å². The van der Waals surface area contributed by atoms with Gasteiger partial charge in [0.25, 0.3) is 0 Å². The molecule has 4 nitrogen and oxygen atoms in total. The molecule has 0 saturated carbocycles. The Morgan fingerprint density at radius 1 is 1.25 bits per heavy atom. The summed E-state index contributed by atoms with van der Waals surface area (Å²) >= 11 is 0. The van der Waals surface area contributed by atoms with Crippen LogP contribution in [-0.2, 0) is 10.3 Å². The third kappa shape index (κ3) is 3.82. The first-order chi connectivity index (χ1) is 9.20. The van der Waals surface area contributed by atoms with Crippen molar-refractivity contribution in [3.05, 3.63) is 35.9 Å². The van der Waals surface area contributed by atoms with E-state index in [0.717, 1.165) is 5.56 Å². The number of hydrogen-bond acceptors (Lipinski definition) is 3. The van der Waals surface area contributed by atoms with E-state index in [9.17, 15) is 4.79 Å². The molecule has 1 amide bonds. The van der Waals surface area contributed by atoms with Crippen LogP contribution in [0.25, 0.3) is 0 Å². The third-order valence-electron chi connectivity index (χ3n) is 3.66. The molecule has 0 spiro atoms. The molecule has 108 valence electrons. The van der Waals surface area contributed by atoms with Crippen molar-refractivity contribution in [1.29, 1.82) is 5.26 Å². The Hall–Kier alpha value is -1.86. The smallest absolute Gasteiger partial charge is 0.237 e. The van der Waals surface area contributed by atoms with Crippen LogP contribution < -0.4 is 5.32 Å². The highest BCUT2D eigenvalue weighted by Crippen LogP contribution is 2.19. The summed E-state index contributed by atoms with van der Waals surface area (Å²) in [4.78, 5) is 13.6. The number of nitriles is 1. The number of nitrogens with zero attached hydrogens (tertiary/aromatic N) is 2. The van der Waals surface area contributed by atoms with Gasteiger partial charge in [-0.15, -0.1) is 0 Å². The number of rotatable bonds is 5. The van der Waals surface area contributed by atoms with Gasteiger partial charge in [-0.3, -0.25) is 10.1 Å². The minimum atomic E-state index is -0.796. The van der Waals surface area contributed by atoms with Crippen LogP contribution in [0.15, 0.2) is 30.3 Å². The van der Waals surface area contributed by atoms with Gasteiger partial charge in [-0.2, -0.15) is 5.26 Å². The lowest BCUT2D eigenvalue weighted by molar-refractivity contribution is -0.132. The molecule has 0 aliphatic carbocycles. The summed E-state index contributed by atoms with van der Waals surface area (Å²) < 4.78 is 0. The minimum Gasteiger partial charge on any atom is -0.326 e. The first kappa shape index (κ1) is 16.2. The Kier molecular flexibility index (Phi) is 4.91. The van der Waals surface area contributed by atoms with E-state index in [4.69, 9.17) is 5.26 Å². The first-order valence-corrected chi connectivity index (χ1v) is 6.69. The van der Waals surface area contributed by atoms with E-state index in [-0.39, 0.29) is 18.0 Å². The van der Waals surface area contributed by atoms with Gasteiger partial charge in [0.2, 0.25) is 5.91 Å². The predicted octanol–water partition coefficient (Wildman–Crippen LogP) is 2.27. The Bertz CT molecular complexity index is 500. The van der Waals surface area contributed by atoms with Crippen molar-refractivity contribution in [3.8, 4) is 6.07 Å². The van der Waals surface area contributed by atoms with E-state index in [1.54, 1.807) is 20.9 Å².